The number of aromatic nitrogens is 2. The van der Waals surface area contributed by atoms with Crippen molar-refractivity contribution in [2.24, 2.45) is 7.05 Å². The highest BCUT2D eigenvalue weighted by Crippen LogP contribution is 2.51. The van der Waals surface area contributed by atoms with Crippen molar-refractivity contribution in [3.63, 3.8) is 0 Å². The number of benzene rings is 2. The fraction of sp³-hybridized carbons (Fsp3) is 0.286. The van der Waals surface area contributed by atoms with Gasteiger partial charge in [-0.1, -0.05) is 41.9 Å². The van der Waals surface area contributed by atoms with Crippen LogP contribution in [0.15, 0.2) is 48.8 Å². The molecule has 0 spiro atoms. The molecule has 0 amide bonds. The van der Waals surface area contributed by atoms with Gasteiger partial charge in [0.1, 0.15) is 5.82 Å². The van der Waals surface area contributed by atoms with Crippen molar-refractivity contribution in [3.8, 4) is 11.1 Å². The van der Waals surface area contributed by atoms with Gasteiger partial charge in [0.25, 0.3) is 0 Å². The Kier molecular flexibility index (Phi) is 3.78. The van der Waals surface area contributed by atoms with Crippen molar-refractivity contribution < 1.29 is 4.39 Å². The van der Waals surface area contributed by atoms with E-state index < -0.39 is 0 Å². The van der Waals surface area contributed by atoms with Gasteiger partial charge in [0.05, 0.1) is 16.8 Å². The molecule has 0 saturated carbocycles. The molecular weight excluding hydrogens is 363 g/mol. The van der Waals surface area contributed by atoms with Gasteiger partial charge in [-0.05, 0) is 17.2 Å². The minimum Gasteiger partial charge on any atom is -0.359 e. The third-order valence-electron chi connectivity index (χ3n) is 5.81. The lowest BCUT2D eigenvalue weighted by Gasteiger charge is -2.45. The number of aryl methyl sites for hydroxylation is 1. The number of fused-ring (bicyclic) bond motifs is 3. The maximum atomic E-state index is 14.8. The minimum absolute atomic E-state index is 0.178. The fourth-order valence-corrected chi connectivity index (χ4v) is 4.90. The Morgan fingerprint density at radius 3 is 2.81 bits per heavy atom. The van der Waals surface area contributed by atoms with Gasteiger partial charge in [0.15, 0.2) is 0 Å². The van der Waals surface area contributed by atoms with Gasteiger partial charge in [-0.2, -0.15) is 5.10 Å². The van der Waals surface area contributed by atoms with Crippen LogP contribution in [0, 0.1) is 5.82 Å². The largest absolute Gasteiger partial charge is 0.359 e. The van der Waals surface area contributed by atoms with Crippen LogP contribution in [-0.2, 0) is 19.0 Å². The Hall–Kier alpha value is -2.37. The zero-order valence-corrected chi connectivity index (χ0v) is 15.8. The molecule has 1 fully saturated rings. The second-order valence-electron chi connectivity index (χ2n) is 7.35. The molecule has 3 heterocycles. The molecule has 1 N–H and O–H groups in total. The van der Waals surface area contributed by atoms with Crippen LogP contribution in [0.1, 0.15) is 11.1 Å². The summed E-state index contributed by atoms with van der Waals surface area (Å²) >= 11 is 6.46. The van der Waals surface area contributed by atoms with Crippen molar-refractivity contribution in [1.29, 1.82) is 0 Å². The minimum atomic E-state index is -0.378. The number of nitrogens with one attached hydrogen (secondary N) is 1. The van der Waals surface area contributed by atoms with Gasteiger partial charge in [-0.25, -0.2) is 4.39 Å². The van der Waals surface area contributed by atoms with Gasteiger partial charge < -0.3 is 10.2 Å². The van der Waals surface area contributed by atoms with Crippen molar-refractivity contribution in [2.75, 3.05) is 24.5 Å². The van der Waals surface area contributed by atoms with E-state index in [1.807, 2.05) is 19.3 Å². The fourth-order valence-electron chi connectivity index (χ4n) is 4.63. The zero-order chi connectivity index (χ0) is 18.6. The molecule has 0 aliphatic carbocycles. The highest BCUT2D eigenvalue weighted by atomic mass is 35.5. The quantitative estimate of drug-likeness (QED) is 0.733. The van der Waals surface area contributed by atoms with Gasteiger partial charge in [0, 0.05) is 56.1 Å². The molecule has 6 heteroatoms. The average Bonchev–Trinajstić information content (AvgIpc) is 3.25. The molecule has 0 bridgehead atoms. The summed E-state index contributed by atoms with van der Waals surface area (Å²) in [5.74, 6) is -0.378. The number of anilines is 1. The summed E-state index contributed by atoms with van der Waals surface area (Å²) in [6, 6.07) is 12.1. The molecular formula is C21H20ClFN4. The Labute approximate surface area is 162 Å². The predicted octanol–water partition coefficient (Wildman–Crippen LogP) is 3.74. The maximum absolute atomic E-state index is 14.8. The molecule has 2 aliphatic heterocycles. The molecule has 1 saturated heterocycles. The summed E-state index contributed by atoms with van der Waals surface area (Å²) in [6.07, 6.45) is 4.43. The normalized spacial score (nSPS) is 21.2. The molecule has 1 aromatic heterocycles. The lowest BCUT2D eigenvalue weighted by molar-refractivity contribution is 0.350. The van der Waals surface area contributed by atoms with E-state index in [9.17, 15) is 4.39 Å². The van der Waals surface area contributed by atoms with Crippen molar-refractivity contribution >= 4 is 17.3 Å². The van der Waals surface area contributed by atoms with E-state index in [4.69, 9.17) is 11.6 Å². The van der Waals surface area contributed by atoms with E-state index >= 15 is 0 Å². The van der Waals surface area contributed by atoms with Gasteiger partial charge in [-0.3, -0.25) is 4.68 Å². The lowest BCUT2D eigenvalue weighted by Crippen LogP contribution is -2.57. The van der Waals surface area contributed by atoms with E-state index in [0.717, 1.165) is 48.4 Å². The topological polar surface area (TPSA) is 33.1 Å². The van der Waals surface area contributed by atoms with Crippen LogP contribution < -0.4 is 10.2 Å². The van der Waals surface area contributed by atoms with Crippen LogP contribution in [0.3, 0.4) is 0 Å². The number of hydrogen-bond acceptors (Lipinski definition) is 3. The van der Waals surface area contributed by atoms with Gasteiger partial charge in [-0.15, -0.1) is 0 Å². The first kappa shape index (κ1) is 16.8. The summed E-state index contributed by atoms with van der Waals surface area (Å²) in [6.45, 7) is 2.52. The van der Waals surface area contributed by atoms with E-state index in [-0.39, 0.29) is 16.4 Å². The van der Waals surface area contributed by atoms with E-state index in [1.54, 1.807) is 16.9 Å². The number of rotatable bonds is 2. The second-order valence-corrected chi connectivity index (χ2v) is 7.73. The van der Waals surface area contributed by atoms with Crippen molar-refractivity contribution in [2.45, 2.75) is 12.0 Å². The number of hydrogen-bond donors (Lipinski definition) is 1. The number of halogens is 2. The maximum Gasteiger partial charge on any atom is 0.144 e. The van der Waals surface area contributed by atoms with Crippen LogP contribution in [0.5, 0.6) is 0 Å². The zero-order valence-electron chi connectivity index (χ0n) is 15.0. The summed E-state index contributed by atoms with van der Waals surface area (Å²) in [4.78, 5) is 2.35. The molecule has 0 unspecified atom stereocenters. The molecule has 3 aromatic rings. The van der Waals surface area contributed by atoms with Crippen LogP contribution in [0.4, 0.5) is 10.1 Å². The van der Waals surface area contributed by atoms with Gasteiger partial charge in [0.2, 0.25) is 0 Å². The molecule has 5 rings (SSSR count). The summed E-state index contributed by atoms with van der Waals surface area (Å²) in [5, 5.41) is 7.98. The molecule has 2 aliphatic rings. The Balaban J connectivity index is 1.75. The Morgan fingerprint density at radius 2 is 2.07 bits per heavy atom. The van der Waals surface area contributed by atoms with Crippen LogP contribution in [0.25, 0.3) is 11.1 Å². The molecule has 27 heavy (non-hydrogen) atoms. The summed E-state index contributed by atoms with van der Waals surface area (Å²) in [7, 11) is 1.86. The standard InChI is InChI=1S/C21H20ClFN4/c1-26-12-14(11-25-26)19-16-10-21(15-5-3-2-4-6-15)13-24-7-8-27(21)18(16)9-17(23)20(19)22/h2-6,9,11-12,24H,7-8,10,13H2,1H3/t21-/m1/s1. The lowest BCUT2D eigenvalue weighted by atomic mass is 9.83. The SMILES string of the molecule is Cn1cc(-c2c(Cl)c(F)cc3c2C[C@]2(c4ccccc4)CNCCN32)cn1. The average molecular weight is 383 g/mol. The third-order valence-corrected chi connectivity index (χ3v) is 6.18. The molecule has 0 radical (unpaired) electrons. The summed E-state index contributed by atoms with van der Waals surface area (Å²) in [5.41, 5.74) is 4.68. The highest BCUT2D eigenvalue weighted by Gasteiger charge is 2.48. The first-order valence-electron chi connectivity index (χ1n) is 9.14. The Morgan fingerprint density at radius 1 is 1.26 bits per heavy atom. The van der Waals surface area contributed by atoms with Crippen LogP contribution in [0.2, 0.25) is 5.02 Å². The van der Waals surface area contributed by atoms with Crippen LogP contribution in [-0.4, -0.2) is 29.4 Å². The first-order valence-corrected chi connectivity index (χ1v) is 9.52. The van der Waals surface area contributed by atoms with Crippen molar-refractivity contribution in [1.82, 2.24) is 15.1 Å². The van der Waals surface area contributed by atoms with E-state index in [0.29, 0.717) is 0 Å². The second kappa shape index (κ2) is 6.08. The van der Waals surface area contributed by atoms with Gasteiger partial charge >= 0.3 is 0 Å². The molecule has 4 nitrogen and oxygen atoms in total. The number of nitrogens with zero attached hydrogens (tertiary/aromatic N) is 3. The number of piperazine rings is 1. The Bertz CT molecular complexity index is 1020. The van der Waals surface area contributed by atoms with E-state index in [1.165, 1.54) is 5.56 Å². The third kappa shape index (κ3) is 2.42. The van der Waals surface area contributed by atoms with Crippen molar-refractivity contribution in [3.05, 3.63) is 70.8 Å². The monoisotopic (exact) mass is 382 g/mol. The first-order chi connectivity index (χ1) is 13.1. The molecule has 1 atom stereocenters. The summed E-state index contributed by atoms with van der Waals surface area (Å²) < 4.78 is 16.5. The molecule has 138 valence electrons. The van der Waals surface area contributed by atoms with Crippen LogP contribution >= 0.6 is 11.6 Å². The van der Waals surface area contributed by atoms with E-state index in [2.05, 4.69) is 39.6 Å². The smallest absolute Gasteiger partial charge is 0.144 e. The molecule has 2 aromatic carbocycles. The predicted molar refractivity (Wildman–Crippen MR) is 106 cm³/mol. The highest BCUT2D eigenvalue weighted by molar-refractivity contribution is 6.34.